The van der Waals surface area contributed by atoms with Crippen LogP contribution in [0.4, 0.5) is 15.8 Å². The molecule has 4 nitrogen and oxygen atoms in total. The van der Waals surface area contributed by atoms with Gasteiger partial charge in [-0.25, -0.2) is 4.39 Å². The summed E-state index contributed by atoms with van der Waals surface area (Å²) in [6.45, 7) is 0. The molecule has 0 fully saturated rings. The first-order valence-electron chi connectivity index (χ1n) is 5.47. The highest BCUT2D eigenvalue weighted by Crippen LogP contribution is 2.18. The first-order valence-corrected chi connectivity index (χ1v) is 5.47. The number of halogens is 1. The second kappa shape index (κ2) is 5.19. The number of nitrogens with one attached hydrogen (secondary N) is 1. The van der Waals surface area contributed by atoms with E-state index in [0.29, 0.717) is 11.3 Å². The molecule has 0 aliphatic rings. The Morgan fingerprint density at radius 3 is 2.74 bits per heavy atom. The average Bonchev–Trinajstić information content (AvgIpc) is 2.42. The van der Waals surface area contributed by atoms with E-state index >= 15 is 0 Å². The third kappa shape index (κ3) is 2.69. The summed E-state index contributed by atoms with van der Waals surface area (Å²) in [5.41, 5.74) is 6.52. The summed E-state index contributed by atoms with van der Waals surface area (Å²) in [7, 11) is 0. The molecular formula is C14H10FN3O. The Bertz CT molecular complexity index is 677. The van der Waals surface area contributed by atoms with Crippen LogP contribution in [-0.2, 0) is 0 Å². The van der Waals surface area contributed by atoms with Gasteiger partial charge in [-0.15, -0.1) is 0 Å². The molecular weight excluding hydrogens is 245 g/mol. The number of hydrogen-bond donors (Lipinski definition) is 2. The van der Waals surface area contributed by atoms with Gasteiger partial charge in [0.15, 0.2) is 0 Å². The summed E-state index contributed by atoms with van der Waals surface area (Å²) in [6.07, 6.45) is 0. The number of anilines is 2. The molecule has 0 aromatic heterocycles. The van der Waals surface area contributed by atoms with Crippen molar-refractivity contribution in [1.29, 1.82) is 5.26 Å². The van der Waals surface area contributed by atoms with Gasteiger partial charge in [-0.05, 0) is 30.3 Å². The molecule has 0 aliphatic heterocycles. The van der Waals surface area contributed by atoms with Crippen LogP contribution in [0.1, 0.15) is 15.9 Å². The Morgan fingerprint density at radius 2 is 2.00 bits per heavy atom. The molecule has 2 aromatic rings. The Morgan fingerprint density at radius 1 is 1.26 bits per heavy atom. The lowest BCUT2D eigenvalue weighted by atomic mass is 10.1. The molecule has 2 rings (SSSR count). The van der Waals surface area contributed by atoms with Crippen LogP contribution in [0.15, 0.2) is 42.5 Å². The zero-order chi connectivity index (χ0) is 13.8. The Balaban J connectivity index is 2.31. The Labute approximate surface area is 109 Å². The summed E-state index contributed by atoms with van der Waals surface area (Å²) < 4.78 is 13.1. The van der Waals surface area contributed by atoms with Gasteiger partial charge >= 0.3 is 0 Å². The monoisotopic (exact) mass is 255 g/mol. The van der Waals surface area contributed by atoms with E-state index in [-0.39, 0.29) is 11.3 Å². The first kappa shape index (κ1) is 12.6. The molecule has 0 radical (unpaired) electrons. The smallest absolute Gasteiger partial charge is 0.257 e. The van der Waals surface area contributed by atoms with Crippen molar-refractivity contribution in [2.75, 3.05) is 11.1 Å². The number of rotatable bonds is 2. The highest BCUT2D eigenvalue weighted by Gasteiger charge is 2.12. The summed E-state index contributed by atoms with van der Waals surface area (Å²) in [4.78, 5) is 12.0. The third-order valence-electron chi connectivity index (χ3n) is 2.56. The molecule has 2 aromatic carbocycles. The van der Waals surface area contributed by atoms with Crippen molar-refractivity contribution in [1.82, 2.24) is 0 Å². The van der Waals surface area contributed by atoms with Crippen molar-refractivity contribution in [3.8, 4) is 6.07 Å². The van der Waals surface area contributed by atoms with Crippen molar-refractivity contribution < 1.29 is 9.18 Å². The van der Waals surface area contributed by atoms with E-state index < -0.39 is 11.7 Å². The number of carbonyl (C=O) groups excluding carboxylic acids is 1. The van der Waals surface area contributed by atoms with Crippen LogP contribution in [0.2, 0.25) is 0 Å². The standard InChI is InChI=1S/C14H10FN3O/c15-10-5-6-12(17)11(7-10)14(19)18-13-4-2-1-3-9(13)8-16/h1-7H,17H2,(H,18,19). The van der Waals surface area contributed by atoms with Crippen LogP contribution < -0.4 is 11.1 Å². The molecule has 1 amide bonds. The van der Waals surface area contributed by atoms with Crippen LogP contribution in [-0.4, -0.2) is 5.91 Å². The van der Waals surface area contributed by atoms with Gasteiger partial charge in [-0.2, -0.15) is 5.26 Å². The van der Waals surface area contributed by atoms with Crippen LogP contribution in [0.25, 0.3) is 0 Å². The maximum atomic E-state index is 13.1. The van der Waals surface area contributed by atoms with Crippen molar-refractivity contribution in [3.63, 3.8) is 0 Å². The van der Waals surface area contributed by atoms with E-state index in [9.17, 15) is 9.18 Å². The molecule has 0 bridgehead atoms. The zero-order valence-corrected chi connectivity index (χ0v) is 9.85. The number of nitrogens with two attached hydrogens (primary N) is 1. The van der Waals surface area contributed by atoms with E-state index in [2.05, 4.69) is 5.32 Å². The minimum atomic E-state index is -0.556. The predicted molar refractivity (Wildman–Crippen MR) is 69.9 cm³/mol. The van der Waals surface area contributed by atoms with Gasteiger partial charge in [-0.3, -0.25) is 4.79 Å². The molecule has 0 atom stereocenters. The molecule has 94 valence electrons. The summed E-state index contributed by atoms with van der Waals surface area (Å²) in [6, 6.07) is 12.0. The number of para-hydroxylation sites is 1. The van der Waals surface area contributed by atoms with Crippen molar-refractivity contribution in [2.24, 2.45) is 0 Å². The van der Waals surface area contributed by atoms with Gasteiger partial charge in [0.2, 0.25) is 0 Å². The van der Waals surface area contributed by atoms with Crippen LogP contribution in [0.3, 0.4) is 0 Å². The van der Waals surface area contributed by atoms with Gasteiger partial charge < -0.3 is 11.1 Å². The van der Waals surface area contributed by atoms with E-state index in [1.54, 1.807) is 24.3 Å². The lowest BCUT2D eigenvalue weighted by Crippen LogP contribution is -2.15. The number of nitrogens with zero attached hydrogens (tertiary/aromatic N) is 1. The van der Waals surface area contributed by atoms with Crippen LogP contribution in [0.5, 0.6) is 0 Å². The lowest BCUT2D eigenvalue weighted by Gasteiger charge is -2.08. The fraction of sp³-hybridized carbons (Fsp3) is 0. The largest absolute Gasteiger partial charge is 0.398 e. The highest BCUT2D eigenvalue weighted by molar-refractivity contribution is 6.08. The Kier molecular flexibility index (Phi) is 3.44. The molecule has 0 aliphatic carbocycles. The van der Waals surface area contributed by atoms with Gasteiger partial charge in [0, 0.05) is 5.69 Å². The van der Waals surface area contributed by atoms with Crippen molar-refractivity contribution in [3.05, 3.63) is 59.4 Å². The molecule has 0 spiro atoms. The van der Waals surface area contributed by atoms with E-state index in [4.69, 9.17) is 11.0 Å². The molecule has 0 unspecified atom stereocenters. The second-order valence-electron chi connectivity index (χ2n) is 3.84. The number of hydrogen-bond acceptors (Lipinski definition) is 3. The molecule has 19 heavy (non-hydrogen) atoms. The number of benzene rings is 2. The molecule has 0 heterocycles. The van der Waals surface area contributed by atoms with Crippen LogP contribution >= 0.6 is 0 Å². The normalized spacial score (nSPS) is 9.68. The van der Waals surface area contributed by atoms with Gasteiger partial charge in [0.1, 0.15) is 11.9 Å². The molecule has 3 N–H and O–H groups in total. The zero-order valence-electron chi connectivity index (χ0n) is 9.85. The SMILES string of the molecule is N#Cc1ccccc1NC(=O)c1cc(F)ccc1N. The maximum absolute atomic E-state index is 13.1. The third-order valence-corrected chi connectivity index (χ3v) is 2.56. The van der Waals surface area contributed by atoms with E-state index in [1.165, 1.54) is 12.1 Å². The van der Waals surface area contributed by atoms with Crippen molar-refractivity contribution in [2.45, 2.75) is 0 Å². The molecule has 5 heteroatoms. The minimum Gasteiger partial charge on any atom is -0.398 e. The van der Waals surface area contributed by atoms with E-state index in [0.717, 1.165) is 6.07 Å². The average molecular weight is 255 g/mol. The fourth-order valence-corrected chi connectivity index (χ4v) is 1.60. The molecule has 0 saturated heterocycles. The quantitative estimate of drug-likeness (QED) is 0.809. The number of amides is 1. The summed E-state index contributed by atoms with van der Waals surface area (Å²) in [5.74, 6) is -1.10. The summed E-state index contributed by atoms with van der Waals surface area (Å²) >= 11 is 0. The van der Waals surface area contributed by atoms with Gasteiger partial charge in [0.05, 0.1) is 16.8 Å². The number of nitrogen functional groups attached to an aromatic ring is 1. The highest BCUT2D eigenvalue weighted by atomic mass is 19.1. The maximum Gasteiger partial charge on any atom is 0.257 e. The Hall–Kier alpha value is -2.87. The number of nitriles is 1. The number of carbonyl (C=O) groups is 1. The topological polar surface area (TPSA) is 78.9 Å². The van der Waals surface area contributed by atoms with E-state index in [1.807, 2.05) is 6.07 Å². The van der Waals surface area contributed by atoms with Gasteiger partial charge in [0.25, 0.3) is 5.91 Å². The fourth-order valence-electron chi connectivity index (χ4n) is 1.60. The minimum absolute atomic E-state index is 0.0349. The lowest BCUT2D eigenvalue weighted by molar-refractivity contribution is 0.102. The predicted octanol–water partition coefficient (Wildman–Crippen LogP) is 2.53. The first-order chi connectivity index (χ1) is 9.11. The van der Waals surface area contributed by atoms with Crippen molar-refractivity contribution >= 4 is 17.3 Å². The molecule has 0 saturated carbocycles. The van der Waals surface area contributed by atoms with Crippen LogP contribution in [0, 0.1) is 17.1 Å². The summed E-state index contributed by atoms with van der Waals surface area (Å²) in [5, 5.41) is 11.5. The van der Waals surface area contributed by atoms with Gasteiger partial charge in [-0.1, -0.05) is 12.1 Å². The second-order valence-corrected chi connectivity index (χ2v) is 3.84.